The van der Waals surface area contributed by atoms with Crippen LogP contribution >= 0.6 is 46.4 Å². The Morgan fingerprint density at radius 2 is 1.60 bits per heavy atom. The van der Waals surface area contributed by atoms with Crippen LogP contribution in [0.2, 0.25) is 20.1 Å². The highest BCUT2D eigenvalue weighted by Crippen LogP contribution is 2.42. The standard InChI is InChI=1S/C18H17Cl4NO2/c1-3-10-6-5-7-11(4-2)17(10)23-14(24)9-25-18-13(20)8-12(19)15(21)16(18)22/h5-8H,3-4,9H2,1-2H3,(H,23,24). The van der Waals surface area contributed by atoms with Crippen LogP contribution in [-0.2, 0) is 17.6 Å². The molecule has 1 N–H and O–H groups in total. The largest absolute Gasteiger partial charge is 0.481 e. The van der Waals surface area contributed by atoms with Crippen LogP contribution in [0.5, 0.6) is 5.75 Å². The first kappa shape index (κ1) is 20.2. The van der Waals surface area contributed by atoms with Gasteiger partial charge in [0.15, 0.2) is 12.4 Å². The normalized spacial score (nSPS) is 10.6. The van der Waals surface area contributed by atoms with Crippen molar-refractivity contribution in [3.05, 3.63) is 55.5 Å². The highest BCUT2D eigenvalue weighted by Gasteiger charge is 2.17. The molecule has 0 radical (unpaired) electrons. The Morgan fingerprint density at radius 1 is 1.00 bits per heavy atom. The predicted octanol–water partition coefficient (Wildman–Crippen LogP) is 6.44. The van der Waals surface area contributed by atoms with Crippen molar-refractivity contribution < 1.29 is 9.53 Å². The lowest BCUT2D eigenvalue weighted by molar-refractivity contribution is -0.118. The van der Waals surface area contributed by atoms with Gasteiger partial charge in [-0.1, -0.05) is 78.5 Å². The van der Waals surface area contributed by atoms with Crippen molar-refractivity contribution in [1.29, 1.82) is 0 Å². The van der Waals surface area contributed by atoms with E-state index in [0.717, 1.165) is 29.7 Å². The SMILES string of the molecule is CCc1cccc(CC)c1NC(=O)COc1c(Cl)cc(Cl)c(Cl)c1Cl. The van der Waals surface area contributed by atoms with Crippen molar-refractivity contribution in [2.24, 2.45) is 0 Å². The number of amides is 1. The maximum absolute atomic E-state index is 12.3. The van der Waals surface area contributed by atoms with Gasteiger partial charge in [-0.05, 0) is 30.0 Å². The molecule has 2 aromatic carbocycles. The van der Waals surface area contributed by atoms with Gasteiger partial charge in [-0.25, -0.2) is 0 Å². The molecule has 134 valence electrons. The summed E-state index contributed by atoms with van der Waals surface area (Å²) in [6.07, 6.45) is 1.63. The monoisotopic (exact) mass is 419 g/mol. The fourth-order valence-corrected chi connectivity index (χ4v) is 3.41. The van der Waals surface area contributed by atoms with E-state index in [9.17, 15) is 4.79 Å². The maximum atomic E-state index is 12.3. The molecule has 0 aliphatic heterocycles. The zero-order valence-corrected chi connectivity index (χ0v) is 16.8. The Balaban J connectivity index is 2.14. The molecule has 25 heavy (non-hydrogen) atoms. The number of anilines is 1. The van der Waals surface area contributed by atoms with Gasteiger partial charge >= 0.3 is 0 Å². The second-order valence-corrected chi connectivity index (χ2v) is 6.86. The van der Waals surface area contributed by atoms with E-state index in [-0.39, 0.29) is 38.4 Å². The lowest BCUT2D eigenvalue weighted by Gasteiger charge is -2.15. The van der Waals surface area contributed by atoms with Crippen LogP contribution in [0.15, 0.2) is 24.3 Å². The average molecular weight is 421 g/mol. The van der Waals surface area contributed by atoms with E-state index in [4.69, 9.17) is 51.1 Å². The molecule has 0 bridgehead atoms. The molecule has 0 unspecified atom stereocenters. The van der Waals surface area contributed by atoms with E-state index in [0.29, 0.717) is 0 Å². The smallest absolute Gasteiger partial charge is 0.262 e. The van der Waals surface area contributed by atoms with Gasteiger partial charge < -0.3 is 10.1 Å². The number of nitrogens with one attached hydrogen (secondary N) is 1. The van der Waals surface area contributed by atoms with Crippen LogP contribution in [-0.4, -0.2) is 12.5 Å². The molecule has 0 heterocycles. The van der Waals surface area contributed by atoms with Crippen LogP contribution in [0.25, 0.3) is 0 Å². The summed E-state index contributed by atoms with van der Waals surface area (Å²) in [4.78, 5) is 12.3. The van der Waals surface area contributed by atoms with Crippen LogP contribution in [0.1, 0.15) is 25.0 Å². The second kappa shape index (κ2) is 9.00. The van der Waals surface area contributed by atoms with Crippen LogP contribution in [0.4, 0.5) is 5.69 Å². The summed E-state index contributed by atoms with van der Waals surface area (Å²) >= 11 is 24.0. The topological polar surface area (TPSA) is 38.3 Å². The van der Waals surface area contributed by atoms with Gasteiger partial charge in [0, 0.05) is 5.69 Å². The predicted molar refractivity (Wildman–Crippen MR) is 106 cm³/mol. The minimum Gasteiger partial charge on any atom is -0.481 e. The Labute approximate surface area is 167 Å². The van der Waals surface area contributed by atoms with E-state index < -0.39 is 0 Å². The number of hydrogen-bond acceptors (Lipinski definition) is 2. The zero-order chi connectivity index (χ0) is 18.6. The van der Waals surface area contributed by atoms with Crippen molar-refractivity contribution in [3.8, 4) is 5.75 Å². The quantitative estimate of drug-likeness (QED) is 0.431. The number of ether oxygens (including phenoxy) is 1. The van der Waals surface area contributed by atoms with Gasteiger partial charge in [-0.2, -0.15) is 0 Å². The number of halogens is 4. The lowest BCUT2D eigenvalue weighted by atomic mass is 10.0. The van der Waals surface area contributed by atoms with Gasteiger partial charge in [-0.3, -0.25) is 4.79 Å². The highest BCUT2D eigenvalue weighted by molar-refractivity contribution is 6.50. The van der Waals surface area contributed by atoms with Gasteiger partial charge in [0.1, 0.15) is 5.02 Å². The number of benzene rings is 2. The summed E-state index contributed by atoms with van der Waals surface area (Å²) in [5.74, 6) is -0.179. The molecular weight excluding hydrogens is 404 g/mol. The molecule has 0 spiro atoms. The number of hydrogen-bond donors (Lipinski definition) is 1. The first-order valence-corrected chi connectivity index (χ1v) is 9.26. The molecule has 2 rings (SSSR count). The Bertz CT molecular complexity index is 771. The van der Waals surface area contributed by atoms with Gasteiger partial charge in [-0.15, -0.1) is 0 Å². The fraction of sp³-hybridized carbons (Fsp3) is 0.278. The molecule has 7 heteroatoms. The number of carbonyl (C=O) groups excluding carboxylic acids is 1. The fourth-order valence-electron chi connectivity index (χ4n) is 2.40. The van der Waals surface area contributed by atoms with Crippen molar-refractivity contribution in [2.45, 2.75) is 26.7 Å². The van der Waals surface area contributed by atoms with Crippen molar-refractivity contribution in [2.75, 3.05) is 11.9 Å². The first-order chi connectivity index (χ1) is 11.9. The molecule has 0 saturated heterocycles. The number of carbonyl (C=O) groups is 1. The molecule has 1 amide bonds. The van der Waals surface area contributed by atoms with Crippen molar-refractivity contribution in [1.82, 2.24) is 0 Å². The first-order valence-electron chi connectivity index (χ1n) is 7.75. The Hall–Kier alpha value is -1.13. The third-order valence-electron chi connectivity index (χ3n) is 3.68. The maximum Gasteiger partial charge on any atom is 0.262 e. The molecule has 0 atom stereocenters. The van der Waals surface area contributed by atoms with E-state index in [1.165, 1.54) is 6.07 Å². The Morgan fingerprint density at radius 3 is 2.16 bits per heavy atom. The van der Waals surface area contributed by atoms with Crippen LogP contribution in [0, 0.1) is 0 Å². The van der Waals surface area contributed by atoms with Crippen molar-refractivity contribution >= 4 is 58.0 Å². The molecule has 0 aromatic heterocycles. The average Bonchev–Trinajstić information content (AvgIpc) is 2.59. The van der Waals surface area contributed by atoms with Gasteiger partial charge in [0.25, 0.3) is 5.91 Å². The molecule has 0 aliphatic carbocycles. The number of rotatable bonds is 6. The van der Waals surface area contributed by atoms with Crippen molar-refractivity contribution in [3.63, 3.8) is 0 Å². The van der Waals surface area contributed by atoms with Gasteiger partial charge in [0.05, 0.1) is 15.1 Å². The minimum atomic E-state index is -0.311. The second-order valence-electron chi connectivity index (χ2n) is 5.29. The van der Waals surface area contributed by atoms with Gasteiger partial charge in [0.2, 0.25) is 0 Å². The molecule has 2 aromatic rings. The minimum absolute atomic E-state index is 0.0789. The van der Waals surface area contributed by atoms with E-state index in [1.54, 1.807) is 0 Å². The third-order valence-corrected chi connectivity index (χ3v) is 5.21. The summed E-state index contributed by atoms with van der Waals surface area (Å²) in [6, 6.07) is 7.38. The summed E-state index contributed by atoms with van der Waals surface area (Å²) in [7, 11) is 0. The number of aryl methyl sites for hydroxylation is 2. The number of para-hydroxylation sites is 1. The van der Waals surface area contributed by atoms with E-state index in [2.05, 4.69) is 5.32 Å². The van der Waals surface area contributed by atoms with E-state index >= 15 is 0 Å². The zero-order valence-electron chi connectivity index (χ0n) is 13.8. The third kappa shape index (κ3) is 4.73. The lowest BCUT2D eigenvalue weighted by Crippen LogP contribution is -2.22. The van der Waals surface area contributed by atoms with E-state index in [1.807, 2.05) is 32.0 Å². The molecule has 0 fully saturated rings. The van der Waals surface area contributed by atoms with Crippen LogP contribution in [0.3, 0.4) is 0 Å². The molecule has 3 nitrogen and oxygen atoms in total. The summed E-state index contributed by atoms with van der Waals surface area (Å²) in [5.41, 5.74) is 2.96. The summed E-state index contributed by atoms with van der Waals surface area (Å²) in [6.45, 7) is 3.82. The summed E-state index contributed by atoms with van der Waals surface area (Å²) in [5, 5.41) is 3.53. The van der Waals surface area contributed by atoms with Crippen LogP contribution < -0.4 is 10.1 Å². The molecule has 0 aliphatic rings. The summed E-state index contributed by atoms with van der Waals surface area (Å²) < 4.78 is 5.47. The highest BCUT2D eigenvalue weighted by atomic mass is 35.5. The molecule has 0 saturated carbocycles. The Kier molecular flexibility index (Phi) is 7.26. The molecular formula is C18H17Cl4NO2.